The average Bonchev–Trinajstić information content (AvgIpc) is 2.97. The number of carbonyl (C=O) groups excluding carboxylic acids is 2. The van der Waals surface area contributed by atoms with E-state index in [0.29, 0.717) is 12.0 Å². The number of carbonyl (C=O) groups is 2. The summed E-state index contributed by atoms with van der Waals surface area (Å²) in [4.78, 5) is 25.1. The summed E-state index contributed by atoms with van der Waals surface area (Å²) in [5.41, 5.74) is 1.81. The molecule has 0 bridgehead atoms. The molecule has 0 saturated carbocycles. The van der Waals surface area contributed by atoms with E-state index in [9.17, 15) is 18.0 Å². The maximum Gasteiger partial charge on any atom is 0.339 e. The predicted molar refractivity (Wildman–Crippen MR) is 103 cm³/mol. The number of amides is 1. The predicted octanol–water partition coefficient (Wildman–Crippen LogP) is 2.93. The van der Waals surface area contributed by atoms with Crippen molar-refractivity contribution >= 4 is 27.7 Å². The summed E-state index contributed by atoms with van der Waals surface area (Å²) in [6.07, 6.45) is 0.576. The Morgan fingerprint density at radius 2 is 1.82 bits per heavy atom. The van der Waals surface area contributed by atoms with Gasteiger partial charge in [0.1, 0.15) is 10.6 Å². The van der Waals surface area contributed by atoms with E-state index in [1.165, 1.54) is 43.3 Å². The average molecular weight is 403 g/mol. The Labute approximate surface area is 164 Å². The molecule has 28 heavy (non-hydrogen) atoms. The molecule has 0 fully saturated rings. The summed E-state index contributed by atoms with van der Waals surface area (Å²) >= 11 is 0. The first-order valence-electron chi connectivity index (χ1n) is 8.87. The zero-order valence-electron chi connectivity index (χ0n) is 15.8. The van der Waals surface area contributed by atoms with Crippen LogP contribution in [0.1, 0.15) is 36.7 Å². The van der Waals surface area contributed by atoms with Gasteiger partial charge in [-0.1, -0.05) is 0 Å². The highest BCUT2D eigenvalue weighted by molar-refractivity contribution is 7.87. The topological polar surface area (TPSA) is 90.0 Å². The zero-order valence-corrected chi connectivity index (χ0v) is 16.7. The maximum absolute atomic E-state index is 12.6. The standard InChI is InChI=1S/C20H21NO6S/c1-4-26-20(23)15-5-7-17(8-6-15)27-28(24,25)18-9-10-19-16(12-18)11-13(2)21(19)14(3)22/h5-10,12-13H,4,11H2,1-3H3/t13-/m0/s1. The number of anilines is 1. The van der Waals surface area contributed by atoms with Crippen molar-refractivity contribution in [1.82, 2.24) is 0 Å². The molecule has 0 radical (unpaired) electrons. The second kappa shape index (κ2) is 7.63. The third-order valence-corrected chi connectivity index (χ3v) is 5.71. The van der Waals surface area contributed by atoms with E-state index in [0.717, 1.165) is 11.3 Å². The Bertz CT molecular complexity index is 1010. The van der Waals surface area contributed by atoms with Crippen molar-refractivity contribution in [3.05, 3.63) is 53.6 Å². The lowest BCUT2D eigenvalue weighted by atomic mass is 10.1. The van der Waals surface area contributed by atoms with Gasteiger partial charge in [-0.25, -0.2) is 4.79 Å². The van der Waals surface area contributed by atoms with Crippen molar-refractivity contribution in [3.8, 4) is 5.75 Å². The summed E-state index contributed by atoms with van der Waals surface area (Å²) in [5, 5.41) is 0. The van der Waals surface area contributed by atoms with Crippen LogP contribution in [0.2, 0.25) is 0 Å². The van der Waals surface area contributed by atoms with E-state index in [2.05, 4.69) is 0 Å². The van der Waals surface area contributed by atoms with Crippen LogP contribution < -0.4 is 9.08 Å². The van der Waals surface area contributed by atoms with Crippen LogP contribution in [-0.2, 0) is 26.1 Å². The molecule has 1 amide bonds. The molecular formula is C20H21NO6S. The smallest absolute Gasteiger partial charge is 0.339 e. The fourth-order valence-corrected chi connectivity index (χ4v) is 4.26. The maximum atomic E-state index is 12.6. The summed E-state index contributed by atoms with van der Waals surface area (Å²) in [6.45, 7) is 5.36. The van der Waals surface area contributed by atoms with Gasteiger partial charge in [0, 0.05) is 18.7 Å². The number of fused-ring (bicyclic) bond motifs is 1. The summed E-state index contributed by atoms with van der Waals surface area (Å²) in [6, 6.07) is 10.2. The monoisotopic (exact) mass is 403 g/mol. The molecule has 0 aromatic heterocycles. The van der Waals surface area contributed by atoms with Gasteiger partial charge in [-0.15, -0.1) is 0 Å². The summed E-state index contributed by atoms with van der Waals surface area (Å²) in [7, 11) is -4.05. The molecule has 0 aliphatic carbocycles. The van der Waals surface area contributed by atoms with Gasteiger partial charge in [-0.3, -0.25) is 4.79 Å². The highest BCUT2D eigenvalue weighted by Crippen LogP contribution is 2.34. The highest BCUT2D eigenvalue weighted by Gasteiger charge is 2.30. The zero-order chi connectivity index (χ0) is 20.5. The van der Waals surface area contributed by atoms with Crippen molar-refractivity contribution in [1.29, 1.82) is 0 Å². The van der Waals surface area contributed by atoms with Gasteiger partial charge in [0.05, 0.1) is 12.2 Å². The van der Waals surface area contributed by atoms with E-state index in [1.54, 1.807) is 17.9 Å². The van der Waals surface area contributed by atoms with Gasteiger partial charge in [0.2, 0.25) is 5.91 Å². The minimum Gasteiger partial charge on any atom is -0.462 e. The molecule has 2 aromatic rings. The van der Waals surface area contributed by atoms with Crippen molar-refractivity contribution in [3.63, 3.8) is 0 Å². The van der Waals surface area contributed by atoms with Crippen LogP contribution in [0.15, 0.2) is 47.4 Å². The van der Waals surface area contributed by atoms with Gasteiger partial charge in [0.15, 0.2) is 0 Å². The number of nitrogens with zero attached hydrogens (tertiary/aromatic N) is 1. The van der Waals surface area contributed by atoms with Gasteiger partial charge in [-0.05, 0) is 68.3 Å². The second-order valence-corrected chi connectivity index (χ2v) is 8.06. The minimum atomic E-state index is -4.05. The quantitative estimate of drug-likeness (QED) is 0.563. The molecule has 148 valence electrons. The van der Waals surface area contributed by atoms with Gasteiger partial charge in [0.25, 0.3) is 0 Å². The fourth-order valence-electron chi connectivity index (χ4n) is 3.28. The van der Waals surface area contributed by atoms with E-state index < -0.39 is 16.1 Å². The van der Waals surface area contributed by atoms with Crippen molar-refractivity contribution in [2.24, 2.45) is 0 Å². The van der Waals surface area contributed by atoms with E-state index in [4.69, 9.17) is 8.92 Å². The normalized spacial score (nSPS) is 15.8. The third-order valence-electron chi connectivity index (χ3n) is 4.47. The first-order chi connectivity index (χ1) is 13.2. The lowest BCUT2D eigenvalue weighted by molar-refractivity contribution is -0.116. The molecule has 8 heteroatoms. The Hall–Kier alpha value is -2.87. The van der Waals surface area contributed by atoms with Crippen LogP contribution in [0.4, 0.5) is 5.69 Å². The summed E-state index contributed by atoms with van der Waals surface area (Å²) < 4.78 is 35.3. The Balaban J connectivity index is 1.82. The summed E-state index contributed by atoms with van der Waals surface area (Å²) in [5.74, 6) is -0.480. The molecular weight excluding hydrogens is 382 g/mol. The SMILES string of the molecule is CCOC(=O)c1ccc(OS(=O)(=O)c2ccc3c(c2)C[C@H](C)N3C(C)=O)cc1. The highest BCUT2D eigenvalue weighted by atomic mass is 32.2. The van der Waals surface area contributed by atoms with E-state index in [1.807, 2.05) is 6.92 Å². The molecule has 0 spiro atoms. The largest absolute Gasteiger partial charge is 0.462 e. The molecule has 0 saturated heterocycles. The van der Waals surface area contributed by atoms with Gasteiger partial charge in [-0.2, -0.15) is 8.42 Å². The Kier molecular flexibility index (Phi) is 5.42. The number of esters is 1. The molecule has 1 atom stereocenters. The lowest BCUT2D eigenvalue weighted by Gasteiger charge is -2.20. The fraction of sp³-hybridized carbons (Fsp3) is 0.300. The van der Waals surface area contributed by atoms with E-state index >= 15 is 0 Å². The van der Waals surface area contributed by atoms with Crippen LogP contribution in [0, 0.1) is 0 Å². The first-order valence-corrected chi connectivity index (χ1v) is 10.3. The molecule has 0 unspecified atom stereocenters. The third kappa shape index (κ3) is 3.87. The first kappa shape index (κ1) is 19.9. The number of hydrogen-bond donors (Lipinski definition) is 0. The lowest BCUT2D eigenvalue weighted by Crippen LogP contribution is -2.33. The van der Waals surface area contributed by atoms with Crippen LogP contribution in [0.5, 0.6) is 5.75 Å². The van der Waals surface area contributed by atoms with Crippen molar-refractivity contribution < 1.29 is 26.9 Å². The van der Waals surface area contributed by atoms with E-state index in [-0.39, 0.29) is 29.2 Å². The van der Waals surface area contributed by atoms with Crippen LogP contribution in [-0.4, -0.2) is 32.9 Å². The van der Waals surface area contributed by atoms with Crippen LogP contribution >= 0.6 is 0 Å². The molecule has 7 nitrogen and oxygen atoms in total. The Morgan fingerprint density at radius 1 is 1.14 bits per heavy atom. The van der Waals surface area contributed by atoms with Crippen LogP contribution in [0.25, 0.3) is 0 Å². The molecule has 1 aliphatic heterocycles. The molecule has 0 N–H and O–H groups in total. The molecule has 3 rings (SSSR count). The van der Waals surface area contributed by atoms with Gasteiger partial charge < -0.3 is 13.8 Å². The second-order valence-electron chi connectivity index (χ2n) is 6.51. The van der Waals surface area contributed by atoms with Crippen molar-refractivity contribution in [2.45, 2.75) is 38.1 Å². The Morgan fingerprint density at radius 3 is 2.43 bits per heavy atom. The van der Waals surface area contributed by atoms with Crippen molar-refractivity contribution in [2.75, 3.05) is 11.5 Å². The van der Waals surface area contributed by atoms with Crippen LogP contribution in [0.3, 0.4) is 0 Å². The molecule has 1 aliphatic rings. The number of ether oxygens (including phenoxy) is 1. The minimum absolute atomic E-state index is 0.0123. The number of benzene rings is 2. The molecule has 1 heterocycles. The number of hydrogen-bond acceptors (Lipinski definition) is 6. The van der Waals surface area contributed by atoms with Gasteiger partial charge >= 0.3 is 16.1 Å². The molecule has 2 aromatic carbocycles. The number of rotatable bonds is 5.